The van der Waals surface area contributed by atoms with Crippen LogP contribution in [-0.4, -0.2) is 4.98 Å². The molecule has 0 saturated carbocycles. The van der Waals surface area contributed by atoms with Crippen LogP contribution >= 0.6 is 0 Å². The Morgan fingerprint density at radius 1 is 1.22 bits per heavy atom. The van der Waals surface area contributed by atoms with Gasteiger partial charge in [-0.1, -0.05) is 62.9 Å². The molecule has 1 aromatic carbocycles. The number of rotatable bonds is 3. The zero-order valence-corrected chi connectivity index (χ0v) is 11.4. The van der Waals surface area contributed by atoms with Crippen molar-refractivity contribution in [1.29, 1.82) is 0 Å². The van der Waals surface area contributed by atoms with Crippen molar-refractivity contribution >= 4 is 16.5 Å². The molecule has 0 amide bonds. The Morgan fingerprint density at radius 3 is 2.56 bits per heavy atom. The molecule has 0 atom stereocenters. The summed E-state index contributed by atoms with van der Waals surface area (Å²) in [6.45, 7) is 9.72. The molecule has 2 aromatic rings. The van der Waals surface area contributed by atoms with Gasteiger partial charge in [-0.15, -0.1) is 0 Å². The predicted octanol–water partition coefficient (Wildman–Crippen LogP) is 5.34. The molecule has 0 fully saturated rings. The van der Waals surface area contributed by atoms with Gasteiger partial charge in [0.1, 0.15) is 0 Å². The summed E-state index contributed by atoms with van der Waals surface area (Å²) in [7, 11) is 0. The van der Waals surface area contributed by atoms with Gasteiger partial charge in [-0.3, -0.25) is 0 Å². The van der Waals surface area contributed by atoms with Crippen molar-refractivity contribution in [3.05, 3.63) is 66.9 Å². The molecule has 0 radical (unpaired) electrons. The van der Waals surface area contributed by atoms with Crippen LogP contribution in [0.25, 0.3) is 16.5 Å². The van der Waals surface area contributed by atoms with E-state index in [1.807, 2.05) is 32.9 Å². The summed E-state index contributed by atoms with van der Waals surface area (Å²) >= 11 is 0. The molecule has 94 valence electrons. The lowest BCUT2D eigenvalue weighted by Gasteiger charge is -1.96. The monoisotopic (exact) mass is 239 g/mol. The molecule has 0 aliphatic carbocycles. The number of allylic oxidation sites excluding steroid dienone is 5. The van der Waals surface area contributed by atoms with Gasteiger partial charge in [0.05, 0.1) is 0 Å². The van der Waals surface area contributed by atoms with Crippen molar-refractivity contribution in [2.75, 3.05) is 0 Å². The smallest absolute Gasteiger partial charge is 0.0461 e. The van der Waals surface area contributed by atoms with Crippen molar-refractivity contribution in [3.63, 3.8) is 0 Å². The number of para-hydroxylation sites is 1. The molecule has 1 aromatic heterocycles. The number of benzene rings is 1. The number of fused-ring (bicyclic) bond motifs is 1. The highest BCUT2D eigenvalue weighted by Crippen LogP contribution is 2.21. The Bertz CT molecular complexity index is 523. The first-order valence-corrected chi connectivity index (χ1v) is 6.38. The topological polar surface area (TPSA) is 15.8 Å². The quantitative estimate of drug-likeness (QED) is 0.696. The van der Waals surface area contributed by atoms with Crippen LogP contribution in [0, 0.1) is 0 Å². The first kappa shape index (κ1) is 14.0. The van der Waals surface area contributed by atoms with Crippen LogP contribution in [0.1, 0.15) is 26.5 Å². The lowest BCUT2D eigenvalue weighted by Crippen LogP contribution is -1.78. The van der Waals surface area contributed by atoms with E-state index in [4.69, 9.17) is 0 Å². The van der Waals surface area contributed by atoms with E-state index in [-0.39, 0.29) is 0 Å². The highest BCUT2D eigenvalue weighted by atomic mass is 14.7. The third kappa shape index (κ3) is 3.24. The van der Waals surface area contributed by atoms with E-state index in [1.165, 1.54) is 16.5 Å². The molecule has 18 heavy (non-hydrogen) atoms. The summed E-state index contributed by atoms with van der Waals surface area (Å²) in [4.78, 5) is 3.40. The molecule has 2 rings (SSSR count). The summed E-state index contributed by atoms with van der Waals surface area (Å²) < 4.78 is 0. The summed E-state index contributed by atoms with van der Waals surface area (Å²) in [6, 6.07) is 10.5. The minimum absolute atomic E-state index is 1.14. The molecule has 1 nitrogen and oxygen atoms in total. The van der Waals surface area contributed by atoms with Gasteiger partial charge in [-0.2, -0.15) is 0 Å². The average molecular weight is 239 g/mol. The normalized spacial score (nSPS) is 11.4. The first-order chi connectivity index (χ1) is 8.85. The lowest BCUT2D eigenvalue weighted by atomic mass is 10.1. The first-order valence-electron chi connectivity index (χ1n) is 6.38. The van der Waals surface area contributed by atoms with Gasteiger partial charge >= 0.3 is 0 Å². The number of nitrogens with one attached hydrogen (secondary N) is 1. The summed E-state index contributed by atoms with van der Waals surface area (Å²) in [6.07, 6.45) is 7.87. The minimum atomic E-state index is 1.14. The largest absolute Gasteiger partial charge is 0.355 e. The third-order valence-electron chi connectivity index (χ3n) is 2.56. The van der Waals surface area contributed by atoms with Gasteiger partial charge in [0, 0.05) is 16.6 Å². The molecule has 0 aliphatic heterocycles. The third-order valence-corrected chi connectivity index (χ3v) is 2.56. The van der Waals surface area contributed by atoms with E-state index in [0.29, 0.717) is 0 Å². The second kappa shape index (κ2) is 7.33. The fraction of sp³-hybridized carbons (Fsp3) is 0.176. The molecule has 0 unspecified atom stereocenters. The van der Waals surface area contributed by atoms with Gasteiger partial charge in [0.2, 0.25) is 0 Å². The van der Waals surface area contributed by atoms with E-state index in [9.17, 15) is 0 Å². The minimum Gasteiger partial charge on any atom is -0.355 e. The zero-order chi connectivity index (χ0) is 13.4. The molecule has 0 spiro atoms. The van der Waals surface area contributed by atoms with Gasteiger partial charge < -0.3 is 4.98 Å². The highest BCUT2D eigenvalue weighted by molar-refractivity contribution is 5.86. The van der Waals surface area contributed by atoms with E-state index in [2.05, 4.69) is 48.0 Å². The average Bonchev–Trinajstić information content (AvgIpc) is 2.85. The maximum Gasteiger partial charge on any atom is 0.0461 e. The van der Waals surface area contributed by atoms with Crippen LogP contribution in [0.4, 0.5) is 0 Å². The van der Waals surface area contributed by atoms with Crippen LogP contribution in [0.3, 0.4) is 0 Å². The van der Waals surface area contributed by atoms with Crippen molar-refractivity contribution < 1.29 is 0 Å². The van der Waals surface area contributed by atoms with Crippen molar-refractivity contribution in [2.45, 2.75) is 20.8 Å². The van der Waals surface area contributed by atoms with Crippen molar-refractivity contribution in [1.82, 2.24) is 4.98 Å². The molecule has 0 bridgehead atoms. The molecule has 0 aliphatic rings. The summed E-state index contributed by atoms with van der Waals surface area (Å²) in [5, 5.41) is 1.24. The Balaban J connectivity index is 0.000000771. The van der Waals surface area contributed by atoms with E-state index in [0.717, 1.165) is 5.69 Å². The Morgan fingerprint density at radius 2 is 1.94 bits per heavy atom. The maximum atomic E-state index is 3.68. The fourth-order valence-electron chi connectivity index (χ4n) is 1.74. The van der Waals surface area contributed by atoms with E-state index < -0.39 is 0 Å². The molecule has 1 N–H and O–H groups in total. The van der Waals surface area contributed by atoms with Crippen LogP contribution in [0.15, 0.2) is 61.2 Å². The van der Waals surface area contributed by atoms with Crippen LogP contribution in [0.2, 0.25) is 0 Å². The van der Waals surface area contributed by atoms with Crippen molar-refractivity contribution in [3.8, 4) is 0 Å². The van der Waals surface area contributed by atoms with Crippen molar-refractivity contribution in [2.24, 2.45) is 0 Å². The summed E-state index contributed by atoms with van der Waals surface area (Å²) in [5.74, 6) is 0. The van der Waals surface area contributed by atoms with E-state index >= 15 is 0 Å². The second-order valence-corrected chi connectivity index (χ2v) is 3.61. The second-order valence-electron chi connectivity index (χ2n) is 3.61. The fourth-order valence-corrected chi connectivity index (χ4v) is 1.74. The molecule has 0 saturated heterocycles. The Kier molecular flexibility index (Phi) is 5.72. The Hall–Kier alpha value is -2.02. The number of hydrogen-bond donors (Lipinski definition) is 1. The van der Waals surface area contributed by atoms with Gasteiger partial charge in [-0.05, 0) is 24.6 Å². The molecular formula is C17H21N. The molecular weight excluding hydrogens is 218 g/mol. The number of hydrogen-bond acceptors (Lipinski definition) is 0. The SMILES string of the molecule is C=C/C=C\C(=C/C)c1cc2ccccc2[nH]1.CC. The number of H-pyrrole nitrogens is 1. The highest BCUT2D eigenvalue weighted by Gasteiger charge is 2.01. The predicted molar refractivity (Wildman–Crippen MR) is 82.6 cm³/mol. The van der Waals surface area contributed by atoms with E-state index in [1.54, 1.807) is 6.08 Å². The zero-order valence-electron chi connectivity index (χ0n) is 11.4. The standard InChI is InChI=1S/C15H15N.C2H6/c1-3-5-8-12(4-2)15-11-13-9-6-7-10-14(13)16-15;1-2/h3-11,16H,1H2,2H3;1-2H3/b8-5-,12-4+;. The lowest BCUT2D eigenvalue weighted by molar-refractivity contribution is 1.40. The van der Waals surface area contributed by atoms with Crippen LogP contribution in [0.5, 0.6) is 0 Å². The maximum absolute atomic E-state index is 3.68. The van der Waals surface area contributed by atoms with Gasteiger partial charge in [-0.25, -0.2) is 0 Å². The number of aromatic nitrogens is 1. The van der Waals surface area contributed by atoms with Crippen LogP contribution in [-0.2, 0) is 0 Å². The van der Waals surface area contributed by atoms with Gasteiger partial charge in [0.25, 0.3) is 0 Å². The summed E-state index contributed by atoms with van der Waals surface area (Å²) in [5.41, 5.74) is 3.49. The van der Waals surface area contributed by atoms with Crippen LogP contribution < -0.4 is 0 Å². The Labute approximate surface area is 110 Å². The molecule has 1 heterocycles. The molecule has 1 heteroatoms. The van der Waals surface area contributed by atoms with Gasteiger partial charge in [0.15, 0.2) is 0 Å². The number of aromatic amines is 1.